The summed E-state index contributed by atoms with van der Waals surface area (Å²) in [5.74, 6) is -0.211. The monoisotopic (exact) mass is 467 g/mol. The van der Waals surface area contributed by atoms with E-state index in [9.17, 15) is 14.4 Å². The minimum atomic E-state index is -0.485. The minimum absolute atomic E-state index is 0.0491. The van der Waals surface area contributed by atoms with Gasteiger partial charge in [-0.2, -0.15) is 5.10 Å². The summed E-state index contributed by atoms with van der Waals surface area (Å²) in [4.78, 5) is 41.7. The first-order valence-electron chi connectivity index (χ1n) is 12.6. The van der Waals surface area contributed by atoms with Crippen molar-refractivity contribution in [1.82, 2.24) is 24.6 Å². The van der Waals surface area contributed by atoms with Crippen LogP contribution in [0.4, 0.5) is 0 Å². The van der Waals surface area contributed by atoms with Crippen molar-refractivity contribution in [3.8, 4) is 0 Å². The van der Waals surface area contributed by atoms with Crippen LogP contribution in [0.5, 0.6) is 0 Å². The molecule has 2 aliphatic carbocycles. The summed E-state index contributed by atoms with van der Waals surface area (Å²) in [6, 6.07) is 0.117. The lowest BCUT2D eigenvalue weighted by molar-refractivity contribution is 0.0727. The maximum atomic E-state index is 13.8. The topological polar surface area (TPSA) is 89.2 Å². The molecule has 4 rings (SSSR count). The molecule has 8 heteroatoms. The maximum Gasteiger partial charge on any atom is 0.259 e. The summed E-state index contributed by atoms with van der Waals surface area (Å²) < 4.78 is 3.73. The molecule has 1 N–H and O–H groups in total. The Bertz CT molecular complexity index is 1120. The number of aromatic nitrogens is 3. The summed E-state index contributed by atoms with van der Waals surface area (Å²) in [6.45, 7) is 7.33. The van der Waals surface area contributed by atoms with Crippen molar-refractivity contribution in [2.24, 2.45) is 13.0 Å². The smallest absolute Gasteiger partial charge is 0.259 e. The van der Waals surface area contributed by atoms with Gasteiger partial charge in [-0.15, -0.1) is 0 Å². The maximum absolute atomic E-state index is 13.8. The molecule has 0 aliphatic heterocycles. The molecular weight excluding hydrogens is 430 g/mol. The number of carbonyl (C=O) groups is 2. The van der Waals surface area contributed by atoms with Crippen molar-refractivity contribution in [2.45, 2.75) is 84.8 Å². The second-order valence-electron chi connectivity index (χ2n) is 9.91. The zero-order valence-electron chi connectivity index (χ0n) is 20.9. The van der Waals surface area contributed by atoms with E-state index in [2.05, 4.69) is 10.4 Å². The zero-order chi connectivity index (χ0) is 24.4. The highest BCUT2D eigenvalue weighted by molar-refractivity contribution is 5.99. The molecular formula is C26H37N5O3. The Hall–Kier alpha value is -2.90. The Kier molecular flexibility index (Phi) is 7.24. The number of amides is 2. The van der Waals surface area contributed by atoms with Crippen molar-refractivity contribution in [2.75, 3.05) is 6.54 Å². The van der Waals surface area contributed by atoms with E-state index in [0.29, 0.717) is 19.0 Å². The number of pyridine rings is 1. The van der Waals surface area contributed by atoms with Crippen LogP contribution in [0.1, 0.15) is 89.5 Å². The average molecular weight is 468 g/mol. The van der Waals surface area contributed by atoms with Crippen molar-refractivity contribution in [3.63, 3.8) is 0 Å². The summed E-state index contributed by atoms with van der Waals surface area (Å²) in [7, 11) is 1.90. The molecule has 0 saturated heterocycles. The third kappa shape index (κ3) is 5.10. The van der Waals surface area contributed by atoms with Gasteiger partial charge in [0.2, 0.25) is 5.43 Å². The number of hydrogen-bond acceptors (Lipinski definition) is 4. The molecule has 34 heavy (non-hydrogen) atoms. The van der Waals surface area contributed by atoms with Crippen molar-refractivity contribution < 1.29 is 9.59 Å². The Morgan fingerprint density at radius 3 is 2.35 bits per heavy atom. The number of aryl methyl sites for hydroxylation is 2. The Balaban J connectivity index is 1.70. The Labute approximate surface area is 201 Å². The van der Waals surface area contributed by atoms with Gasteiger partial charge in [0.1, 0.15) is 11.1 Å². The molecule has 184 valence electrons. The number of hydrogen-bond donors (Lipinski definition) is 1. The van der Waals surface area contributed by atoms with E-state index in [1.54, 1.807) is 17.3 Å². The van der Waals surface area contributed by atoms with Gasteiger partial charge in [0.05, 0.1) is 5.69 Å². The van der Waals surface area contributed by atoms with Crippen LogP contribution in [0.2, 0.25) is 0 Å². The average Bonchev–Trinajstić information content (AvgIpc) is 3.62. The number of carbonyl (C=O) groups excluding carboxylic acids is 2. The molecule has 0 bridgehead atoms. The normalized spacial score (nSPS) is 16.5. The Morgan fingerprint density at radius 2 is 1.76 bits per heavy atom. The molecule has 2 aromatic heterocycles. The SMILES string of the molecule is CCNC(=O)c1cn(CC2CCCCC2)cc(C(=O)N(Cc2c(C)nn(C)c2C)C2CC2)c1=O. The van der Waals surface area contributed by atoms with Crippen LogP contribution in [0.25, 0.3) is 0 Å². The van der Waals surface area contributed by atoms with Gasteiger partial charge in [-0.1, -0.05) is 19.3 Å². The van der Waals surface area contributed by atoms with Crippen LogP contribution in [-0.2, 0) is 20.1 Å². The van der Waals surface area contributed by atoms with Crippen LogP contribution in [0, 0.1) is 19.8 Å². The molecule has 0 spiro atoms. The molecule has 2 saturated carbocycles. The predicted octanol–water partition coefficient (Wildman–Crippen LogP) is 3.33. The van der Waals surface area contributed by atoms with Crippen molar-refractivity contribution in [1.29, 1.82) is 0 Å². The van der Waals surface area contributed by atoms with Gasteiger partial charge in [-0.25, -0.2) is 0 Å². The highest BCUT2D eigenvalue weighted by atomic mass is 16.2. The van der Waals surface area contributed by atoms with Gasteiger partial charge in [-0.3, -0.25) is 19.1 Å². The van der Waals surface area contributed by atoms with E-state index in [1.807, 2.05) is 37.1 Å². The molecule has 2 aliphatic rings. The molecule has 2 aromatic rings. The van der Waals surface area contributed by atoms with Crippen molar-refractivity contribution in [3.05, 3.63) is 50.7 Å². The van der Waals surface area contributed by atoms with Crippen molar-refractivity contribution >= 4 is 11.8 Å². The second kappa shape index (κ2) is 10.2. The van der Waals surface area contributed by atoms with Crippen LogP contribution < -0.4 is 10.7 Å². The number of nitrogens with one attached hydrogen (secondary N) is 1. The first-order chi connectivity index (χ1) is 16.3. The lowest BCUT2D eigenvalue weighted by Crippen LogP contribution is -2.39. The van der Waals surface area contributed by atoms with E-state index in [-0.39, 0.29) is 23.1 Å². The number of rotatable bonds is 8. The quantitative estimate of drug-likeness (QED) is 0.645. The highest BCUT2D eigenvalue weighted by Crippen LogP contribution is 2.31. The van der Waals surface area contributed by atoms with Crippen LogP contribution in [0.15, 0.2) is 17.2 Å². The fourth-order valence-electron chi connectivity index (χ4n) is 5.10. The van der Waals surface area contributed by atoms with Gasteiger partial charge >= 0.3 is 0 Å². The van der Waals surface area contributed by atoms with Gasteiger partial charge in [-0.05, 0) is 52.4 Å². The molecule has 0 unspecified atom stereocenters. The van der Waals surface area contributed by atoms with Gasteiger partial charge in [0.15, 0.2) is 0 Å². The highest BCUT2D eigenvalue weighted by Gasteiger charge is 2.36. The lowest BCUT2D eigenvalue weighted by Gasteiger charge is -2.25. The molecule has 0 radical (unpaired) electrons. The molecule has 2 heterocycles. The molecule has 8 nitrogen and oxygen atoms in total. The van der Waals surface area contributed by atoms with E-state index in [1.165, 1.54) is 19.3 Å². The van der Waals surface area contributed by atoms with Gasteiger partial charge < -0.3 is 14.8 Å². The fraction of sp³-hybridized carbons (Fsp3) is 0.615. The van der Waals surface area contributed by atoms with Crippen LogP contribution in [-0.4, -0.2) is 43.6 Å². The summed E-state index contributed by atoms with van der Waals surface area (Å²) >= 11 is 0. The molecule has 2 amide bonds. The Morgan fingerprint density at radius 1 is 1.09 bits per heavy atom. The molecule has 0 atom stereocenters. The van der Waals surface area contributed by atoms with E-state index in [4.69, 9.17) is 0 Å². The van der Waals surface area contributed by atoms with E-state index >= 15 is 0 Å². The first kappa shape index (κ1) is 24.2. The predicted molar refractivity (Wildman–Crippen MR) is 131 cm³/mol. The molecule has 0 aromatic carbocycles. The first-order valence-corrected chi connectivity index (χ1v) is 12.6. The summed E-state index contributed by atoms with van der Waals surface area (Å²) in [6.07, 6.45) is 11.1. The van der Waals surface area contributed by atoms with Gasteiger partial charge in [0.25, 0.3) is 11.8 Å². The fourth-order valence-corrected chi connectivity index (χ4v) is 5.10. The lowest BCUT2D eigenvalue weighted by atomic mass is 9.89. The number of nitrogens with zero attached hydrogens (tertiary/aromatic N) is 4. The second-order valence-corrected chi connectivity index (χ2v) is 9.91. The minimum Gasteiger partial charge on any atom is -0.352 e. The third-order valence-electron chi connectivity index (χ3n) is 7.32. The van der Waals surface area contributed by atoms with Crippen LogP contribution in [0.3, 0.4) is 0 Å². The van der Waals surface area contributed by atoms with E-state index in [0.717, 1.165) is 49.2 Å². The standard InChI is InChI=1S/C26H37N5O3/c1-5-27-25(33)22-14-30(13-19-9-7-6-8-10-19)15-23(24(22)32)26(34)31(20-11-12-20)16-21-17(2)28-29(4)18(21)3/h14-15,19-20H,5-13,16H2,1-4H3,(H,27,33). The van der Waals surface area contributed by atoms with E-state index < -0.39 is 11.3 Å². The summed E-state index contributed by atoms with van der Waals surface area (Å²) in [5.41, 5.74) is 2.58. The third-order valence-corrected chi connectivity index (χ3v) is 7.32. The largest absolute Gasteiger partial charge is 0.352 e. The van der Waals surface area contributed by atoms with Crippen LogP contribution >= 0.6 is 0 Å². The van der Waals surface area contributed by atoms with Gasteiger partial charge in [0, 0.05) is 56.4 Å². The summed E-state index contributed by atoms with van der Waals surface area (Å²) in [5, 5.41) is 7.22. The zero-order valence-corrected chi connectivity index (χ0v) is 20.9. The molecule has 2 fully saturated rings.